The number of ether oxygens (including phenoxy) is 1. The van der Waals surface area contributed by atoms with Crippen molar-refractivity contribution in [2.24, 2.45) is 0 Å². The van der Waals surface area contributed by atoms with Gasteiger partial charge in [-0.2, -0.15) is 0 Å². The maximum absolute atomic E-state index is 10.9. The van der Waals surface area contributed by atoms with Crippen LogP contribution >= 0.6 is 0 Å². The number of aliphatic carboxylic acids is 1. The van der Waals surface area contributed by atoms with Crippen molar-refractivity contribution >= 4 is 5.97 Å². The van der Waals surface area contributed by atoms with Gasteiger partial charge in [0.1, 0.15) is 6.04 Å². The van der Waals surface area contributed by atoms with Gasteiger partial charge in [0.25, 0.3) is 0 Å². The zero-order valence-electron chi connectivity index (χ0n) is 8.36. The molecule has 4 nitrogen and oxygen atoms in total. The number of hydrogen-bond donors (Lipinski definition) is 1. The summed E-state index contributed by atoms with van der Waals surface area (Å²) in [6.07, 6.45) is 1.85. The summed E-state index contributed by atoms with van der Waals surface area (Å²) in [6, 6.07) is -0.509. The van der Waals surface area contributed by atoms with E-state index in [9.17, 15) is 4.79 Å². The molecule has 1 aliphatic heterocycles. The first-order valence-corrected chi connectivity index (χ1v) is 4.57. The summed E-state index contributed by atoms with van der Waals surface area (Å²) >= 11 is 0. The fourth-order valence-electron chi connectivity index (χ4n) is 1.78. The number of rotatable bonds is 3. The average Bonchev–Trinajstić information content (AvgIpc) is 2.34. The van der Waals surface area contributed by atoms with E-state index in [2.05, 4.69) is 0 Å². The number of carboxylic acids is 1. The first-order chi connectivity index (χ1) is 6.02. The SMILES string of the molecule is CC1CCC(C(C(=O)O)N(C)C)O1. The Kier molecular flexibility index (Phi) is 3.27. The van der Waals surface area contributed by atoms with Crippen LogP contribution in [0.15, 0.2) is 0 Å². The Labute approximate surface area is 78.5 Å². The van der Waals surface area contributed by atoms with Crippen LogP contribution < -0.4 is 0 Å². The molecule has 76 valence electrons. The molecule has 1 aliphatic rings. The van der Waals surface area contributed by atoms with Gasteiger partial charge in [-0.25, -0.2) is 0 Å². The average molecular weight is 187 g/mol. The predicted octanol–water partition coefficient (Wildman–Crippen LogP) is 0.569. The van der Waals surface area contributed by atoms with Gasteiger partial charge in [-0.15, -0.1) is 0 Å². The van der Waals surface area contributed by atoms with E-state index in [0.717, 1.165) is 12.8 Å². The van der Waals surface area contributed by atoms with Gasteiger partial charge in [0.15, 0.2) is 0 Å². The van der Waals surface area contributed by atoms with Crippen molar-refractivity contribution in [1.82, 2.24) is 4.90 Å². The van der Waals surface area contributed by atoms with E-state index in [0.29, 0.717) is 0 Å². The third-order valence-electron chi connectivity index (χ3n) is 2.43. The Hall–Kier alpha value is -0.610. The highest BCUT2D eigenvalue weighted by atomic mass is 16.5. The molecule has 0 aromatic rings. The summed E-state index contributed by atoms with van der Waals surface area (Å²) in [4.78, 5) is 12.6. The van der Waals surface area contributed by atoms with Crippen LogP contribution in [-0.4, -0.2) is 48.3 Å². The van der Waals surface area contributed by atoms with Crippen molar-refractivity contribution < 1.29 is 14.6 Å². The lowest BCUT2D eigenvalue weighted by molar-refractivity contribution is -0.147. The van der Waals surface area contributed by atoms with Gasteiger partial charge in [-0.3, -0.25) is 9.69 Å². The number of carboxylic acid groups (broad SMARTS) is 1. The molecule has 0 radical (unpaired) electrons. The number of likely N-dealkylation sites (N-methyl/N-ethyl adjacent to an activating group) is 1. The molecule has 0 amide bonds. The first-order valence-electron chi connectivity index (χ1n) is 4.57. The van der Waals surface area contributed by atoms with Gasteiger partial charge in [0, 0.05) is 0 Å². The van der Waals surface area contributed by atoms with E-state index in [1.165, 1.54) is 0 Å². The second-order valence-corrected chi connectivity index (χ2v) is 3.81. The zero-order chi connectivity index (χ0) is 10.0. The fraction of sp³-hybridized carbons (Fsp3) is 0.889. The highest BCUT2D eigenvalue weighted by Gasteiger charge is 2.35. The molecule has 1 fully saturated rings. The monoisotopic (exact) mass is 187 g/mol. The third-order valence-corrected chi connectivity index (χ3v) is 2.43. The summed E-state index contributed by atoms with van der Waals surface area (Å²) in [6.45, 7) is 1.98. The molecular weight excluding hydrogens is 170 g/mol. The molecular formula is C9H17NO3. The van der Waals surface area contributed by atoms with Crippen LogP contribution in [0.3, 0.4) is 0 Å². The molecule has 0 aliphatic carbocycles. The van der Waals surface area contributed by atoms with Crippen LogP contribution in [-0.2, 0) is 9.53 Å². The van der Waals surface area contributed by atoms with Crippen molar-refractivity contribution in [1.29, 1.82) is 0 Å². The molecule has 0 saturated carbocycles. The maximum Gasteiger partial charge on any atom is 0.323 e. The Morgan fingerprint density at radius 1 is 1.54 bits per heavy atom. The Morgan fingerprint density at radius 2 is 2.15 bits per heavy atom. The van der Waals surface area contributed by atoms with Crippen molar-refractivity contribution in [3.63, 3.8) is 0 Å². The fourth-order valence-corrected chi connectivity index (χ4v) is 1.78. The van der Waals surface area contributed by atoms with Crippen LogP contribution in [0.1, 0.15) is 19.8 Å². The maximum atomic E-state index is 10.9. The van der Waals surface area contributed by atoms with Crippen molar-refractivity contribution in [3.8, 4) is 0 Å². The van der Waals surface area contributed by atoms with Crippen LogP contribution in [0.5, 0.6) is 0 Å². The topological polar surface area (TPSA) is 49.8 Å². The molecule has 3 atom stereocenters. The largest absolute Gasteiger partial charge is 0.480 e. The van der Waals surface area contributed by atoms with Gasteiger partial charge in [-0.05, 0) is 33.9 Å². The molecule has 3 unspecified atom stereocenters. The van der Waals surface area contributed by atoms with E-state index < -0.39 is 12.0 Å². The molecule has 0 spiro atoms. The number of hydrogen-bond acceptors (Lipinski definition) is 3. The zero-order valence-corrected chi connectivity index (χ0v) is 8.36. The Balaban J connectivity index is 2.60. The Bertz CT molecular complexity index is 193. The summed E-state index contributed by atoms with van der Waals surface area (Å²) < 4.78 is 5.52. The lowest BCUT2D eigenvalue weighted by Crippen LogP contribution is -2.45. The molecule has 1 saturated heterocycles. The van der Waals surface area contributed by atoms with E-state index in [1.807, 2.05) is 6.92 Å². The summed E-state index contributed by atoms with van der Waals surface area (Å²) in [5.41, 5.74) is 0. The highest BCUT2D eigenvalue weighted by Crippen LogP contribution is 2.23. The molecule has 1 N–H and O–H groups in total. The van der Waals surface area contributed by atoms with Crippen molar-refractivity contribution in [2.75, 3.05) is 14.1 Å². The van der Waals surface area contributed by atoms with Gasteiger partial charge in [0.05, 0.1) is 12.2 Å². The minimum Gasteiger partial charge on any atom is -0.480 e. The lowest BCUT2D eigenvalue weighted by atomic mass is 10.1. The molecule has 0 bridgehead atoms. The second kappa shape index (κ2) is 4.07. The standard InChI is InChI=1S/C9H17NO3/c1-6-4-5-7(13-6)8(9(11)12)10(2)3/h6-8H,4-5H2,1-3H3,(H,11,12). The van der Waals surface area contributed by atoms with E-state index in [4.69, 9.17) is 9.84 Å². The normalized spacial score (nSPS) is 30.8. The summed E-state index contributed by atoms with van der Waals surface area (Å²) in [5, 5.41) is 8.97. The molecule has 4 heteroatoms. The molecule has 13 heavy (non-hydrogen) atoms. The van der Waals surface area contributed by atoms with Crippen LogP contribution in [0.25, 0.3) is 0 Å². The van der Waals surface area contributed by atoms with Crippen LogP contribution in [0.4, 0.5) is 0 Å². The van der Waals surface area contributed by atoms with Gasteiger partial charge < -0.3 is 9.84 Å². The van der Waals surface area contributed by atoms with Gasteiger partial charge in [-0.1, -0.05) is 0 Å². The molecule has 1 rings (SSSR count). The van der Waals surface area contributed by atoms with E-state index in [-0.39, 0.29) is 12.2 Å². The molecule has 1 heterocycles. The number of nitrogens with zero attached hydrogens (tertiary/aromatic N) is 1. The Morgan fingerprint density at radius 3 is 2.46 bits per heavy atom. The molecule has 0 aromatic carbocycles. The lowest BCUT2D eigenvalue weighted by Gasteiger charge is -2.25. The van der Waals surface area contributed by atoms with E-state index in [1.54, 1.807) is 19.0 Å². The predicted molar refractivity (Wildman–Crippen MR) is 48.7 cm³/mol. The quantitative estimate of drug-likeness (QED) is 0.701. The van der Waals surface area contributed by atoms with E-state index >= 15 is 0 Å². The minimum absolute atomic E-state index is 0.150. The van der Waals surface area contributed by atoms with Crippen molar-refractivity contribution in [2.45, 2.75) is 38.0 Å². The third kappa shape index (κ3) is 2.42. The molecule has 0 aromatic heterocycles. The van der Waals surface area contributed by atoms with Gasteiger partial charge in [0.2, 0.25) is 0 Å². The number of carbonyl (C=O) groups is 1. The van der Waals surface area contributed by atoms with Gasteiger partial charge >= 0.3 is 5.97 Å². The van der Waals surface area contributed by atoms with Crippen LogP contribution in [0.2, 0.25) is 0 Å². The van der Waals surface area contributed by atoms with Crippen LogP contribution in [0, 0.1) is 0 Å². The second-order valence-electron chi connectivity index (χ2n) is 3.81. The summed E-state index contributed by atoms with van der Waals surface area (Å²) in [7, 11) is 3.54. The summed E-state index contributed by atoms with van der Waals surface area (Å²) in [5.74, 6) is -0.802. The van der Waals surface area contributed by atoms with Crippen molar-refractivity contribution in [3.05, 3.63) is 0 Å². The smallest absolute Gasteiger partial charge is 0.323 e. The first kappa shape index (κ1) is 10.5. The highest BCUT2D eigenvalue weighted by molar-refractivity contribution is 5.74. The minimum atomic E-state index is -0.802.